The van der Waals surface area contributed by atoms with E-state index in [0.717, 1.165) is 12.0 Å². The molecule has 0 saturated carbocycles. The van der Waals surface area contributed by atoms with E-state index in [1.54, 1.807) is 4.90 Å². The number of nitrogens with one attached hydrogen (secondary N) is 1. The lowest BCUT2D eigenvalue weighted by atomic mass is 10.0. The van der Waals surface area contributed by atoms with Crippen LogP contribution in [0.3, 0.4) is 0 Å². The maximum Gasteiger partial charge on any atom is 0.244 e. The minimum atomic E-state index is -0.465. The van der Waals surface area contributed by atoms with Gasteiger partial charge < -0.3 is 16.0 Å². The van der Waals surface area contributed by atoms with Crippen molar-refractivity contribution in [3.63, 3.8) is 0 Å². The number of carbonyl (C=O) groups excluding carboxylic acids is 2. The quantitative estimate of drug-likeness (QED) is 0.835. The Kier molecular flexibility index (Phi) is 4.74. The molecule has 20 heavy (non-hydrogen) atoms. The Labute approximate surface area is 119 Å². The second-order valence-electron chi connectivity index (χ2n) is 4.99. The van der Waals surface area contributed by atoms with E-state index in [2.05, 4.69) is 5.32 Å². The molecular weight excluding hydrogens is 254 g/mol. The Bertz CT molecular complexity index is 475. The number of primary amides is 1. The first kappa shape index (κ1) is 14.5. The van der Waals surface area contributed by atoms with Gasteiger partial charge in [-0.1, -0.05) is 37.3 Å². The number of likely N-dealkylation sites (tertiary alicyclic amines) is 1. The molecule has 2 amide bonds. The van der Waals surface area contributed by atoms with Crippen LogP contribution in [-0.2, 0) is 9.59 Å². The van der Waals surface area contributed by atoms with Gasteiger partial charge >= 0.3 is 0 Å². The Hall–Kier alpha value is -1.88. The molecule has 1 aromatic carbocycles. The number of nitrogens with two attached hydrogens (primary N) is 1. The summed E-state index contributed by atoms with van der Waals surface area (Å²) in [6.45, 7) is 3.24. The zero-order chi connectivity index (χ0) is 14.5. The van der Waals surface area contributed by atoms with E-state index in [-0.39, 0.29) is 5.91 Å². The van der Waals surface area contributed by atoms with Gasteiger partial charge in [0.2, 0.25) is 11.8 Å². The van der Waals surface area contributed by atoms with Crippen LogP contribution < -0.4 is 11.1 Å². The summed E-state index contributed by atoms with van der Waals surface area (Å²) in [6.07, 6.45) is 1.49. The van der Waals surface area contributed by atoms with Crippen LogP contribution in [0.15, 0.2) is 30.3 Å². The van der Waals surface area contributed by atoms with Gasteiger partial charge in [-0.3, -0.25) is 9.59 Å². The second-order valence-corrected chi connectivity index (χ2v) is 4.99. The number of amides is 2. The van der Waals surface area contributed by atoms with Gasteiger partial charge in [-0.15, -0.1) is 0 Å². The summed E-state index contributed by atoms with van der Waals surface area (Å²) in [5.74, 6) is -0.487. The van der Waals surface area contributed by atoms with Crippen LogP contribution in [0.25, 0.3) is 0 Å². The SMILES string of the molecule is CCN[C@@H](C(=O)N1CCCC1C(N)=O)c1ccccc1. The molecule has 1 heterocycles. The number of benzene rings is 1. The van der Waals surface area contributed by atoms with E-state index < -0.39 is 18.0 Å². The Morgan fingerprint density at radius 1 is 1.40 bits per heavy atom. The normalized spacial score (nSPS) is 19.9. The summed E-state index contributed by atoms with van der Waals surface area (Å²) in [7, 11) is 0. The van der Waals surface area contributed by atoms with Crippen molar-refractivity contribution in [1.82, 2.24) is 10.2 Å². The fourth-order valence-corrected chi connectivity index (χ4v) is 2.69. The molecule has 3 N–H and O–H groups in total. The van der Waals surface area contributed by atoms with Gasteiger partial charge in [-0.2, -0.15) is 0 Å². The van der Waals surface area contributed by atoms with E-state index in [0.29, 0.717) is 19.5 Å². The predicted octanol–water partition coefficient (Wildman–Crippen LogP) is 0.814. The Morgan fingerprint density at radius 2 is 2.10 bits per heavy atom. The molecule has 2 rings (SSSR count). The summed E-state index contributed by atoms with van der Waals surface area (Å²) >= 11 is 0. The molecule has 0 radical (unpaired) electrons. The third kappa shape index (κ3) is 2.99. The third-order valence-electron chi connectivity index (χ3n) is 3.65. The summed E-state index contributed by atoms with van der Waals surface area (Å²) in [4.78, 5) is 25.8. The first-order valence-electron chi connectivity index (χ1n) is 7.03. The molecule has 1 aromatic rings. The molecule has 1 aliphatic rings. The molecule has 1 aliphatic heterocycles. The minimum Gasteiger partial charge on any atom is -0.368 e. The fourth-order valence-electron chi connectivity index (χ4n) is 2.69. The highest BCUT2D eigenvalue weighted by Gasteiger charge is 2.36. The van der Waals surface area contributed by atoms with Crippen molar-refractivity contribution in [2.45, 2.75) is 31.8 Å². The van der Waals surface area contributed by atoms with Crippen molar-refractivity contribution < 1.29 is 9.59 Å². The molecule has 2 atom stereocenters. The van der Waals surface area contributed by atoms with E-state index in [1.807, 2.05) is 37.3 Å². The van der Waals surface area contributed by atoms with Gasteiger partial charge in [0.1, 0.15) is 12.1 Å². The highest BCUT2D eigenvalue weighted by Crippen LogP contribution is 2.23. The van der Waals surface area contributed by atoms with E-state index in [1.165, 1.54) is 0 Å². The number of nitrogens with zero attached hydrogens (tertiary/aromatic N) is 1. The van der Waals surface area contributed by atoms with Crippen molar-refractivity contribution in [3.05, 3.63) is 35.9 Å². The maximum absolute atomic E-state index is 12.7. The largest absolute Gasteiger partial charge is 0.368 e. The molecule has 0 aliphatic carbocycles. The van der Waals surface area contributed by atoms with E-state index in [4.69, 9.17) is 5.73 Å². The monoisotopic (exact) mass is 275 g/mol. The standard InChI is InChI=1S/C15H21N3O2/c1-2-17-13(11-7-4-3-5-8-11)15(20)18-10-6-9-12(18)14(16)19/h3-5,7-8,12-13,17H,2,6,9-10H2,1H3,(H2,16,19)/t12?,13-/m1/s1. The summed E-state index contributed by atoms with van der Waals surface area (Å²) in [6, 6.07) is 8.68. The first-order chi connectivity index (χ1) is 9.65. The zero-order valence-electron chi connectivity index (χ0n) is 11.7. The fraction of sp³-hybridized carbons (Fsp3) is 0.467. The number of carbonyl (C=O) groups is 2. The zero-order valence-corrected chi connectivity index (χ0v) is 11.7. The summed E-state index contributed by atoms with van der Waals surface area (Å²) in [5.41, 5.74) is 6.30. The molecule has 5 nitrogen and oxygen atoms in total. The lowest BCUT2D eigenvalue weighted by molar-refractivity contribution is -0.139. The smallest absolute Gasteiger partial charge is 0.244 e. The number of likely N-dealkylation sites (N-methyl/N-ethyl adjacent to an activating group) is 1. The van der Waals surface area contributed by atoms with Gasteiger partial charge in [0.25, 0.3) is 0 Å². The molecule has 1 fully saturated rings. The van der Waals surface area contributed by atoms with Crippen molar-refractivity contribution in [3.8, 4) is 0 Å². The molecule has 1 saturated heterocycles. The predicted molar refractivity (Wildman–Crippen MR) is 76.8 cm³/mol. The maximum atomic E-state index is 12.7. The van der Waals surface area contributed by atoms with Gasteiger partial charge in [-0.25, -0.2) is 0 Å². The van der Waals surface area contributed by atoms with Crippen LogP contribution in [0.5, 0.6) is 0 Å². The van der Waals surface area contributed by atoms with Crippen LogP contribution in [-0.4, -0.2) is 35.8 Å². The topological polar surface area (TPSA) is 75.4 Å². The lowest BCUT2D eigenvalue weighted by Gasteiger charge is -2.27. The number of hydrogen-bond acceptors (Lipinski definition) is 3. The number of rotatable bonds is 5. The first-order valence-corrected chi connectivity index (χ1v) is 7.03. The molecule has 0 spiro atoms. The van der Waals surface area contributed by atoms with E-state index >= 15 is 0 Å². The average Bonchev–Trinajstić information content (AvgIpc) is 2.94. The molecule has 0 bridgehead atoms. The van der Waals surface area contributed by atoms with Crippen molar-refractivity contribution in [2.24, 2.45) is 5.73 Å². The Balaban J connectivity index is 2.21. The Morgan fingerprint density at radius 3 is 2.70 bits per heavy atom. The van der Waals surface area contributed by atoms with E-state index in [9.17, 15) is 9.59 Å². The van der Waals surface area contributed by atoms with Crippen molar-refractivity contribution in [2.75, 3.05) is 13.1 Å². The average molecular weight is 275 g/mol. The van der Waals surface area contributed by atoms with Crippen molar-refractivity contribution in [1.29, 1.82) is 0 Å². The van der Waals surface area contributed by atoms with Gasteiger partial charge in [0.15, 0.2) is 0 Å². The second kappa shape index (κ2) is 6.52. The number of hydrogen-bond donors (Lipinski definition) is 2. The minimum absolute atomic E-state index is 0.0700. The third-order valence-corrected chi connectivity index (χ3v) is 3.65. The van der Waals surface area contributed by atoms with Gasteiger partial charge in [0, 0.05) is 6.54 Å². The van der Waals surface area contributed by atoms with Crippen LogP contribution >= 0.6 is 0 Å². The van der Waals surface area contributed by atoms with Gasteiger partial charge in [-0.05, 0) is 24.9 Å². The van der Waals surface area contributed by atoms with Crippen LogP contribution in [0.4, 0.5) is 0 Å². The molecule has 108 valence electrons. The highest BCUT2D eigenvalue weighted by molar-refractivity contribution is 5.90. The van der Waals surface area contributed by atoms with Crippen LogP contribution in [0.1, 0.15) is 31.4 Å². The molecule has 5 heteroatoms. The van der Waals surface area contributed by atoms with Crippen molar-refractivity contribution >= 4 is 11.8 Å². The molecule has 0 aromatic heterocycles. The molecular formula is C15H21N3O2. The summed E-state index contributed by atoms with van der Waals surface area (Å²) in [5, 5.41) is 3.19. The lowest BCUT2D eigenvalue weighted by Crippen LogP contribution is -2.48. The molecule has 1 unspecified atom stereocenters. The van der Waals surface area contributed by atoms with Gasteiger partial charge in [0.05, 0.1) is 0 Å². The van der Waals surface area contributed by atoms with Crippen LogP contribution in [0.2, 0.25) is 0 Å². The van der Waals surface area contributed by atoms with Crippen LogP contribution in [0, 0.1) is 0 Å². The highest BCUT2D eigenvalue weighted by atomic mass is 16.2. The summed E-state index contributed by atoms with van der Waals surface area (Å²) < 4.78 is 0.